The van der Waals surface area contributed by atoms with Crippen molar-refractivity contribution in [3.63, 3.8) is 0 Å². The number of anilines is 1. The molecule has 3 atom stereocenters. The molecule has 2 rings (SSSR count). The normalized spacial score (nSPS) is 23.6. The van der Waals surface area contributed by atoms with E-state index in [1.165, 1.54) is 6.07 Å². The molecule has 0 amide bonds. The Morgan fingerprint density at radius 2 is 1.90 bits per heavy atom. The zero-order valence-electron chi connectivity index (χ0n) is 13.0. The van der Waals surface area contributed by atoms with E-state index in [0.717, 1.165) is 12.1 Å². The van der Waals surface area contributed by atoms with Crippen LogP contribution in [0.3, 0.4) is 0 Å². The minimum atomic E-state index is -0.189. The molecule has 0 radical (unpaired) electrons. The van der Waals surface area contributed by atoms with Gasteiger partial charge in [-0.15, -0.1) is 0 Å². The van der Waals surface area contributed by atoms with Gasteiger partial charge in [-0.1, -0.05) is 13.0 Å². The minimum Gasteiger partial charge on any atom is -0.377 e. The highest BCUT2D eigenvalue weighted by atomic mass is 19.1. The molecule has 1 heterocycles. The van der Waals surface area contributed by atoms with Crippen LogP contribution in [0.1, 0.15) is 18.9 Å². The SMILES string of the molecule is CCC(N)Cc1c(F)cccc1N1CC(OC)C(OC)C1. The number of halogens is 1. The summed E-state index contributed by atoms with van der Waals surface area (Å²) in [6, 6.07) is 5.16. The number of rotatable bonds is 6. The summed E-state index contributed by atoms with van der Waals surface area (Å²) in [5.74, 6) is -0.189. The van der Waals surface area contributed by atoms with Gasteiger partial charge in [0.15, 0.2) is 0 Å². The van der Waals surface area contributed by atoms with Crippen LogP contribution in [-0.2, 0) is 15.9 Å². The lowest BCUT2D eigenvalue weighted by atomic mass is 10.0. The maximum Gasteiger partial charge on any atom is 0.128 e. The highest BCUT2D eigenvalue weighted by molar-refractivity contribution is 5.56. The Bertz CT molecular complexity index is 458. The van der Waals surface area contributed by atoms with Crippen LogP contribution in [0, 0.1) is 5.82 Å². The van der Waals surface area contributed by atoms with Crippen LogP contribution in [0.2, 0.25) is 0 Å². The summed E-state index contributed by atoms with van der Waals surface area (Å²) in [4.78, 5) is 2.13. The quantitative estimate of drug-likeness (QED) is 0.872. The smallest absolute Gasteiger partial charge is 0.128 e. The van der Waals surface area contributed by atoms with Crippen molar-refractivity contribution >= 4 is 5.69 Å². The lowest BCUT2D eigenvalue weighted by Gasteiger charge is -2.23. The van der Waals surface area contributed by atoms with E-state index in [9.17, 15) is 4.39 Å². The van der Waals surface area contributed by atoms with E-state index in [-0.39, 0.29) is 24.1 Å². The Balaban J connectivity index is 2.25. The average Bonchev–Trinajstić information content (AvgIpc) is 2.92. The summed E-state index contributed by atoms with van der Waals surface area (Å²) in [7, 11) is 3.36. The molecule has 0 spiro atoms. The van der Waals surface area contributed by atoms with Crippen molar-refractivity contribution in [1.82, 2.24) is 0 Å². The van der Waals surface area contributed by atoms with Crippen LogP contribution in [0.4, 0.5) is 10.1 Å². The number of benzene rings is 1. The van der Waals surface area contributed by atoms with Gasteiger partial charge in [0.25, 0.3) is 0 Å². The van der Waals surface area contributed by atoms with E-state index in [2.05, 4.69) is 4.90 Å². The van der Waals surface area contributed by atoms with Crippen molar-refractivity contribution in [3.8, 4) is 0 Å². The van der Waals surface area contributed by atoms with E-state index in [0.29, 0.717) is 25.1 Å². The summed E-state index contributed by atoms with van der Waals surface area (Å²) in [5.41, 5.74) is 7.61. The van der Waals surface area contributed by atoms with Crippen molar-refractivity contribution in [2.45, 2.75) is 38.0 Å². The molecule has 5 heteroatoms. The lowest BCUT2D eigenvalue weighted by Crippen LogP contribution is -2.27. The molecule has 1 aliphatic rings. The molecule has 21 heavy (non-hydrogen) atoms. The molecule has 1 aliphatic heterocycles. The van der Waals surface area contributed by atoms with E-state index >= 15 is 0 Å². The standard InChI is InChI=1S/C16H25FN2O2/c1-4-11(18)8-12-13(17)6-5-7-14(12)19-9-15(20-2)16(10-19)21-3/h5-7,11,15-16H,4,8-10,18H2,1-3H3. The molecule has 1 aromatic carbocycles. The van der Waals surface area contributed by atoms with Gasteiger partial charge in [0.1, 0.15) is 18.0 Å². The fourth-order valence-corrected chi connectivity index (χ4v) is 2.85. The zero-order chi connectivity index (χ0) is 15.4. The molecule has 118 valence electrons. The van der Waals surface area contributed by atoms with Crippen molar-refractivity contribution in [1.29, 1.82) is 0 Å². The highest BCUT2D eigenvalue weighted by Crippen LogP contribution is 2.29. The van der Waals surface area contributed by atoms with Crippen molar-refractivity contribution < 1.29 is 13.9 Å². The fourth-order valence-electron chi connectivity index (χ4n) is 2.85. The first-order valence-electron chi connectivity index (χ1n) is 7.44. The molecule has 0 saturated carbocycles. The summed E-state index contributed by atoms with van der Waals surface area (Å²) in [6.45, 7) is 3.42. The van der Waals surface area contributed by atoms with Crippen LogP contribution < -0.4 is 10.6 Å². The molecule has 0 bridgehead atoms. The largest absolute Gasteiger partial charge is 0.377 e. The number of nitrogens with zero attached hydrogens (tertiary/aromatic N) is 1. The molecular weight excluding hydrogens is 271 g/mol. The predicted molar refractivity (Wildman–Crippen MR) is 82.2 cm³/mol. The molecule has 2 N–H and O–H groups in total. The van der Waals surface area contributed by atoms with Gasteiger partial charge in [0.2, 0.25) is 0 Å². The first-order valence-corrected chi connectivity index (χ1v) is 7.44. The van der Waals surface area contributed by atoms with Crippen LogP contribution >= 0.6 is 0 Å². The van der Waals surface area contributed by atoms with Crippen molar-refractivity contribution in [2.24, 2.45) is 5.73 Å². The molecule has 1 aromatic rings. The second-order valence-corrected chi connectivity index (χ2v) is 5.56. The third-order valence-corrected chi connectivity index (χ3v) is 4.25. The number of hydrogen-bond donors (Lipinski definition) is 1. The predicted octanol–water partition coefficient (Wildman–Crippen LogP) is 1.96. The first-order chi connectivity index (χ1) is 10.1. The summed E-state index contributed by atoms with van der Waals surface area (Å²) < 4.78 is 25.1. The van der Waals surface area contributed by atoms with Gasteiger partial charge >= 0.3 is 0 Å². The zero-order valence-corrected chi connectivity index (χ0v) is 13.0. The van der Waals surface area contributed by atoms with Crippen LogP contribution in [0.5, 0.6) is 0 Å². The summed E-state index contributed by atoms with van der Waals surface area (Å²) in [6.07, 6.45) is 1.39. The van der Waals surface area contributed by atoms with Crippen molar-refractivity contribution in [3.05, 3.63) is 29.6 Å². The Hall–Kier alpha value is -1.17. The fraction of sp³-hybridized carbons (Fsp3) is 0.625. The Labute approximate surface area is 126 Å². The second-order valence-electron chi connectivity index (χ2n) is 5.56. The number of methoxy groups -OCH3 is 2. The molecule has 1 saturated heterocycles. The number of hydrogen-bond acceptors (Lipinski definition) is 4. The maximum atomic E-state index is 14.2. The Kier molecular flexibility index (Phi) is 5.56. The van der Waals surface area contributed by atoms with Crippen LogP contribution in [0.25, 0.3) is 0 Å². The van der Waals surface area contributed by atoms with Gasteiger partial charge in [0.05, 0.1) is 0 Å². The molecule has 4 nitrogen and oxygen atoms in total. The van der Waals surface area contributed by atoms with E-state index in [1.54, 1.807) is 20.3 Å². The highest BCUT2D eigenvalue weighted by Gasteiger charge is 2.34. The molecule has 0 aliphatic carbocycles. The van der Waals surface area contributed by atoms with Crippen LogP contribution in [0.15, 0.2) is 18.2 Å². The third-order valence-electron chi connectivity index (χ3n) is 4.25. The molecule has 1 fully saturated rings. The van der Waals surface area contributed by atoms with Crippen molar-refractivity contribution in [2.75, 3.05) is 32.2 Å². The van der Waals surface area contributed by atoms with Crippen LogP contribution in [-0.4, -0.2) is 45.6 Å². The summed E-state index contributed by atoms with van der Waals surface area (Å²) >= 11 is 0. The third kappa shape index (κ3) is 3.54. The molecule has 0 aromatic heterocycles. The van der Waals surface area contributed by atoms with Gasteiger partial charge in [-0.05, 0) is 25.0 Å². The first kappa shape index (κ1) is 16.2. The van der Waals surface area contributed by atoms with Gasteiger partial charge in [0, 0.05) is 44.6 Å². The van der Waals surface area contributed by atoms with Gasteiger partial charge in [-0.25, -0.2) is 4.39 Å². The maximum absolute atomic E-state index is 14.2. The number of ether oxygens (including phenoxy) is 2. The molecule has 3 unspecified atom stereocenters. The Morgan fingerprint density at radius 1 is 1.29 bits per heavy atom. The minimum absolute atomic E-state index is 0.00552. The molecular formula is C16H25FN2O2. The van der Waals surface area contributed by atoms with E-state index in [1.807, 2.05) is 13.0 Å². The monoisotopic (exact) mass is 296 g/mol. The second kappa shape index (κ2) is 7.20. The topological polar surface area (TPSA) is 47.7 Å². The van der Waals surface area contributed by atoms with Gasteiger partial charge in [-0.2, -0.15) is 0 Å². The lowest BCUT2D eigenvalue weighted by molar-refractivity contribution is -0.00461. The van der Waals surface area contributed by atoms with Gasteiger partial charge < -0.3 is 20.1 Å². The van der Waals surface area contributed by atoms with E-state index < -0.39 is 0 Å². The number of nitrogens with two attached hydrogens (primary N) is 1. The van der Waals surface area contributed by atoms with Gasteiger partial charge in [-0.3, -0.25) is 0 Å². The Morgan fingerprint density at radius 3 is 2.43 bits per heavy atom. The average molecular weight is 296 g/mol. The van der Waals surface area contributed by atoms with E-state index in [4.69, 9.17) is 15.2 Å². The summed E-state index contributed by atoms with van der Waals surface area (Å²) in [5, 5.41) is 0.